The smallest absolute Gasteiger partial charge is 0.319 e. The molecule has 3 amide bonds. The van der Waals surface area contributed by atoms with Gasteiger partial charge in [0.05, 0.1) is 6.42 Å². The van der Waals surface area contributed by atoms with E-state index in [1.165, 1.54) is 0 Å². The van der Waals surface area contributed by atoms with Crippen molar-refractivity contribution in [1.82, 2.24) is 10.3 Å². The summed E-state index contributed by atoms with van der Waals surface area (Å²) >= 11 is 5.75. The predicted octanol–water partition coefficient (Wildman–Crippen LogP) is 4.65. The molecule has 0 radical (unpaired) electrons. The van der Waals surface area contributed by atoms with Gasteiger partial charge >= 0.3 is 6.03 Å². The Morgan fingerprint density at radius 1 is 0.967 bits per heavy atom. The van der Waals surface area contributed by atoms with Crippen LogP contribution in [-0.2, 0) is 17.8 Å². The molecule has 7 heteroatoms. The van der Waals surface area contributed by atoms with Crippen LogP contribution in [0.2, 0.25) is 5.15 Å². The number of carbonyl (C=O) groups is 2. The Kier molecular flexibility index (Phi) is 7.40. The van der Waals surface area contributed by atoms with Crippen LogP contribution in [0.25, 0.3) is 0 Å². The van der Waals surface area contributed by atoms with Crippen molar-refractivity contribution in [3.05, 3.63) is 89.2 Å². The number of nitrogens with zero attached hydrogens (tertiary/aromatic N) is 2. The van der Waals surface area contributed by atoms with Gasteiger partial charge in [-0.15, -0.1) is 0 Å². The van der Waals surface area contributed by atoms with Crippen molar-refractivity contribution in [2.45, 2.75) is 19.9 Å². The van der Waals surface area contributed by atoms with Crippen molar-refractivity contribution in [1.29, 1.82) is 0 Å². The van der Waals surface area contributed by atoms with Crippen LogP contribution in [0.3, 0.4) is 0 Å². The summed E-state index contributed by atoms with van der Waals surface area (Å²) < 4.78 is 0. The van der Waals surface area contributed by atoms with Crippen LogP contribution in [0.15, 0.2) is 72.9 Å². The van der Waals surface area contributed by atoms with Crippen LogP contribution in [0.1, 0.15) is 18.1 Å². The Morgan fingerprint density at radius 2 is 1.67 bits per heavy atom. The molecular formula is C23H23ClN4O2. The van der Waals surface area contributed by atoms with Crippen molar-refractivity contribution < 1.29 is 9.59 Å². The van der Waals surface area contributed by atoms with Gasteiger partial charge in [0.2, 0.25) is 5.91 Å². The molecule has 154 valence electrons. The second-order valence-corrected chi connectivity index (χ2v) is 7.03. The van der Waals surface area contributed by atoms with Crippen molar-refractivity contribution in [2.75, 3.05) is 16.8 Å². The fourth-order valence-electron chi connectivity index (χ4n) is 2.96. The third-order valence-corrected chi connectivity index (χ3v) is 4.72. The van der Waals surface area contributed by atoms with Crippen LogP contribution in [0, 0.1) is 0 Å². The lowest BCUT2D eigenvalue weighted by molar-refractivity contribution is -0.117. The predicted molar refractivity (Wildman–Crippen MR) is 120 cm³/mol. The summed E-state index contributed by atoms with van der Waals surface area (Å²) in [6.45, 7) is 2.90. The van der Waals surface area contributed by atoms with Gasteiger partial charge in [0.1, 0.15) is 5.15 Å². The lowest BCUT2D eigenvalue weighted by Crippen LogP contribution is -2.31. The van der Waals surface area contributed by atoms with E-state index in [0.29, 0.717) is 30.4 Å². The highest BCUT2D eigenvalue weighted by molar-refractivity contribution is 6.29. The summed E-state index contributed by atoms with van der Waals surface area (Å²) in [7, 11) is 0. The highest BCUT2D eigenvalue weighted by atomic mass is 35.5. The van der Waals surface area contributed by atoms with E-state index < -0.39 is 0 Å². The molecular weight excluding hydrogens is 400 g/mol. The zero-order chi connectivity index (χ0) is 21.3. The molecule has 30 heavy (non-hydrogen) atoms. The van der Waals surface area contributed by atoms with E-state index in [1.54, 1.807) is 35.4 Å². The lowest BCUT2D eigenvalue weighted by Gasteiger charge is -2.21. The monoisotopic (exact) mass is 422 g/mol. The molecule has 0 fully saturated rings. The molecule has 1 heterocycles. The number of carbonyl (C=O) groups excluding carboxylic acids is 2. The molecule has 0 bridgehead atoms. The lowest BCUT2D eigenvalue weighted by atomic mass is 10.1. The van der Waals surface area contributed by atoms with Gasteiger partial charge < -0.3 is 15.5 Å². The van der Waals surface area contributed by atoms with Crippen molar-refractivity contribution in [3.63, 3.8) is 0 Å². The number of benzene rings is 2. The van der Waals surface area contributed by atoms with Crippen LogP contribution < -0.4 is 15.5 Å². The highest BCUT2D eigenvalue weighted by Gasteiger charge is 2.14. The van der Waals surface area contributed by atoms with Gasteiger partial charge in [-0.05, 0) is 48.4 Å². The second kappa shape index (κ2) is 10.4. The minimum absolute atomic E-state index is 0.0266. The van der Waals surface area contributed by atoms with Gasteiger partial charge in [0, 0.05) is 30.7 Å². The van der Waals surface area contributed by atoms with E-state index in [-0.39, 0.29) is 11.9 Å². The number of aromatic nitrogens is 1. The van der Waals surface area contributed by atoms with E-state index in [9.17, 15) is 9.59 Å². The Morgan fingerprint density at radius 3 is 2.30 bits per heavy atom. The quantitative estimate of drug-likeness (QED) is 0.544. The summed E-state index contributed by atoms with van der Waals surface area (Å²) in [6, 6.07) is 20.0. The number of rotatable bonds is 7. The Balaban J connectivity index is 1.52. The van der Waals surface area contributed by atoms with Crippen LogP contribution >= 0.6 is 11.6 Å². The molecule has 3 rings (SSSR count). The summed E-state index contributed by atoms with van der Waals surface area (Å²) in [5, 5.41) is 5.94. The summed E-state index contributed by atoms with van der Waals surface area (Å²) in [5.41, 5.74) is 3.26. The first-order valence-corrected chi connectivity index (χ1v) is 10.0. The number of amides is 3. The maximum Gasteiger partial charge on any atom is 0.319 e. The molecule has 1 aromatic heterocycles. The molecule has 0 aliphatic rings. The van der Waals surface area contributed by atoms with Crippen molar-refractivity contribution in [3.8, 4) is 0 Å². The molecule has 0 aliphatic carbocycles. The van der Waals surface area contributed by atoms with E-state index in [4.69, 9.17) is 11.6 Å². The number of anilines is 2. The number of pyridine rings is 1. The number of hydrogen-bond acceptors (Lipinski definition) is 3. The summed E-state index contributed by atoms with van der Waals surface area (Å²) in [5.74, 6) is 0.0266. The average molecular weight is 423 g/mol. The van der Waals surface area contributed by atoms with Gasteiger partial charge in [-0.25, -0.2) is 9.78 Å². The molecule has 0 saturated carbocycles. The first kappa shape index (κ1) is 21.3. The number of nitrogens with one attached hydrogen (secondary N) is 2. The highest BCUT2D eigenvalue weighted by Crippen LogP contribution is 2.16. The van der Waals surface area contributed by atoms with Gasteiger partial charge in [0.25, 0.3) is 0 Å². The molecule has 0 aliphatic heterocycles. The van der Waals surface area contributed by atoms with E-state index in [0.717, 1.165) is 16.8 Å². The fourth-order valence-corrected chi connectivity index (χ4v) is 3.07. The standard InChI is InChI=1S/C23H23ClN4O2/c1-2-28(20-6-4-3-5-7-20)22(29)14-17-8-11-19(12-9-17)27-23(30)26-16-18-10-13-21(24)25-15-18/h3-13,15H,2,14,16H2,1H3,(H2,26,27,30). The Bertz CT molecular complexity index is 976. The molecule has 2 N–H and O–H groups in total. The minimum Gasteiger partial charge on any atom is -0.334 e. The first-order chi connectivity index (χ1) is 14.5. The first-order valence-electron chi connectivity index (χ1n) is 9.65. The number of para-hydroxylation sites is 1. The summed E-state index contributed by atoms with van der Waals surface area (Å²) in [6.07, 6.45) is 1.90. The summed E-state index contributed by atoms with van der Waals surface area (Å²) in [4.78, 5) is 30.5. The fraction of sp³-hybridized carbons (Fsp3) is 0.174. The Hall–Kier alpha value is -3.38. The number of hydrogen-bond donors (Lipinski definition) is 2. The van der Waals surface area contributed by atoms with E-state index >= 15 is 0 Å². The molecule has 6 nitrogen and oxygen atoms in total. The third kappa shape index (κ3) is 6.06. The maximum absolute atomic E-state index is 12.7. The van der Waals surface area contributed by atoms with Gasteiger partial charge in [-0.2, -0.15) is 0 Å². The van der Waals surface area contributed by atoms with Crippen molar-refractivity contribution >= 4 is 34.9 Å². The maximum atomic E-state index is 12.7. The van der Waals surface area contributed by atoms with Crippen molar-refractivity contribution in [2.24, 2.45) is 0 Å². The minimum atomic E-state index is -0.324. The number of urea groups is 1. The van der Waals surface area contributed by atoms with E-state index in [2.05, 4.69) is 15.6 Å². The SMILES string of the molecule is CCN(C(=O)Cc1ccc(NC(=O)NCc2ccc(Cl)nc2)cc1)c1ccccc1. The van der Waals surface area contributed by atoms with Crippen LogP contribution in [0.4, 0.5) is 16.2 Å². The zero-order valence-corrected chi connectivity index (χ0v) is 17.4. The number of likely N-dealkylation sites (N-methyl/N-ethyl adjacent to an activating group) is 1. The molecule has 0 unspecified atom stereocenters. The van der Waals surface area contributed by atoms with Gasteiger partial charge in [-0.1, -0.05) is 48.0 Å². The topological polar surface area (TPSA) is 74.3 Å². The average Bonchev–Trinajstić information content (AvgIpc) is 2.76. The second-order valence-electron chi connectivity index (χ2n) is 6.64. The normalized spacial score (nSPS) is 10.3. The Labute approximate surface area is 180 Å². The number of halogens is 1. The molecule has 2 aromatic carbocycles. The van der Waals surface area contributed by atoms with Gasteiger partial charge in [-0.3, -0.25) is 4.79 Å². The van der Waals surface area contributed by atoms with Gasteiger partial charge in [0.15, 0.2) is 0 Å². The molecule has 3 aromatic rings. The van der Waals surface area contributed by atoms with E-state index in [1.807, 2.05) is 49.4 Å². The molecule has 0 saturated heterocycles. The van der Waals surface area contributed by atoms with Crippen LogP contribution in [-0.4, -0.2) is 23.5 Å². The van der Waals surface area contributed by atoms with Crippen LogP contribution in [0.5, 0.6) is 0 Å². The third-order valence-electron chi connectivity index (χ3n) is 4.49. The zero-order valence-electron chi connectivity index (χ0n) is 16.6. The molecule has 0 atom stereocenters. The largest absolute Gasteiger partial charge is 0.334 e. The molecule has 0 spiro atoms.